The van der Waals surface area contributed by atoms with Crippen molar-refractivity contribution in [3.8, 4) is 0 Å². The van der Waals surface area contributed by atoms with Crippen molar-refractivity contribution in [2.45, 2.75) is 39.2 Å². The number of rotatable bonds is 5. The van der Waals surface area contributed by atoms with Crippen molar-refractivity contribution in [1.29, 1.82) is 0 Å². The number of aryl methyl sites for hydroxylation is 1. The minimum absolute atomic E-state index is 0.157. The van der Waals surface area contributed by atoms with E-state index in [1.54, 1.807) is 6.20 Å². The average molecular weight is 210 g/mol. The van der Waals surface area contributed by atoms with Crippen molar-refractivity contribution in [2.75, 3.05) is 5.32 Å². The predicted octanol–water partition coefficient (Wildman–Crippen LogP) is 1.04. The largest absolute Gasteiger partial charge is 0.320 e. The molecule has 1 heterocycles. The van der Waals surface area contributed by atoms with Crippen LogP contribution in [0.15, 0.2) is 6.20 Å². The van der Waals surface area contributed by atoms with Crippen LogP contribution in [0.1, 0.15) is 32.3 Å². The summed E-state index contributed by atoms with van der Waals surface area (Å²) in [6, 6.07) is -0.442. The Labute approximate surface area is 89.4 Å². The van der Waals surface area contributed by atoms with E-state index >= 15 is 0 Å². The SMILES string of the molecule is CCC[C@@H](N)C(=O)Nc1[nH]ncc1CC. The number of carbonyl (C=O) groups is 1. The van der Waals surface area contributed by atoms with Crippen LogP contribution in [0.5, 0.6) is 0 Å². The summed E-state index contributed by atoms with van der Waals surface area (Å²) >= 11 is 0. The van der Waals surface area contributed by atoms with Gasteiger partial charge in [0, 0.05) is 5.56 Å². The Bertz CT molecular complexity index is 321. The van der Waals surface area contributed by atoms with Gasteiger partial charge in [0.05, 0.1) is 12.2 Å². The fraction of sp³-hybridized carbons (Fsp3) is 0.600. The first-order valence-corrected chi connectivity index (χ1v) is 5.27. The molecule has 0 fully saturated rings. The van der Waals surface area contributed by atoms with E-state index in [1.165, 1.54) is 0 Å². The van der Waals surface area contributed by atoms with Crippen LogP contribution in [-0.2, 0) is 11.2 Å². The van der Waals surface area contributed by atoms with Gasteiger partial charge in [-0.1, -0.05) is 20.3 Å². The maximum absolute atomic E-state index is 11.6. The van der Waals surface area contributed by atoms with Crippen molar-refractivity contribution in [2.24, 2.45) is 5.73 Å². The second-order valence-electron chi connectivity index (χ2n) is 3.51. The lowest BCUT2D eigenvalue weighted by Crippen LogP contribution is -2.35. The molecule has 0 saturated carbocycles. The molecule has 0 radical (unpaired) electrons. The van der Waals surface area contributed by atoms with E-state index in [1.807, 2.05) is 13.8 Å². The molecule has 1 atom stereocenters. The van der Waals surface area contributed by atoms with Crippen molar-refractivity contribution >= 4 is 11.7 Å². The fourth-order valence-electron chi connectivity index (χ4n) is 1.35. The highest BCUT2D eigenvalue weighted by Crippen LogP contribution is 2.11. The first-order chi connectivity index (χ1) is 7.19. The number of carbonyl (C=O) groups excluding carboxylic acids is 1. The van der Waals surface area contributed by atoms with Gasteiger partial charge in [-0.25, -0.2) is 0 Å². The number of anilines is 1. The van der Waals surface area contributed by atoms with Crippen molar-refractivity contribution in [1.82, 2.24) is 10.2 Å². The van der Waals surface area contributed by atoms with E-state index in [-0.39, 0.29) is 5.91 Å². The van der Waals surface area contributed by atoms with E-state index in [9.17, 15) is 4.79 Å². The third-order valence-corrected chi connectivity index (χ3v) is 2.28. The van der Waals surface area contributed by atoms with Crippen LogP contribution in [0.2, 0.25) is 0 Å². The molecule has 0 unspecified atom stereocenters. The lowest BCUT2D eigenvalue weighted by molar-refractivity contribution is -0.117. The molecule has 1 rings (SSSR count). The Balaban J connectivity index is 2.58. The van der Waals surface area contributed by atoms with Crippen molar-refractivity contribution in [3.63, 3.8) is 0 Å². The maximum Gasteiger partial charge on any atom is 0.242 e. The van der Waals surface area contributed by atoms with Crippen LogP contribution >= 0.6 is 0 Å². The van der Waals surface area contributed by atoms with Gasteiger partial charge in [-0.3, -0.25) is 9.89 Å². The average Bonchev–Trinajstić information content (AvgIpc) is 2.65. The molecule has 4 N–H and O–H groups in total. The molecule has 1 amide bonds. The van der Waals surface area contributed by atoms with E-state index in [0.29, 0.717) is 12.2 Å². The van der Waals surface area contributed by atoms with Crippen LogP contribution < -0.4 is 11.1 Å². The number of aromatic amines is 1. The van der Waals surface area contributed by atoms with Gasteiger partial charge in [-0.05, 0) is 12.8 Å². The minimum atomic E-state index is -0.442. The van der Waals surface area contributed by atoms with Crippen LogP contribution in [0.3, 0.4) is 0 Å². The molecule has 0 aliphatic heterocycles. The Morgan fingerprint density at radius 2 is 2.40 bits per heavy atom. The summed E-state index contributed by atoms with van der Waals surface area (Å²) in [5.41, 5.74) is 6.68. The number of aromatic nitrogens is 2. The van der Waals surface area contributed by atoms with Crippen LogP contribution in [-0.4, -0.2) is 22.1 Å². The first kappa shape index (κ1) is 11.7. The molecule has 0 aliphatic carbocycles. The smallest absolute Gasteiger partial charge is 0.242 e. The molecule has 5 nitrogen and oxygen atoms in total. The molecule has 15 heavy (non-hydrogen) atoms. The first-order valence-electron chi connectivity index (χ1n) is 5.27. The molecule has 5 heteroatoms. The third-order valence-electron chi connectivity index (χ3n) is 2.28. The van der Waals surface area contributed by atoms with Gasteiger partial charge in [-0.2, -0.15) is 5.10 Å². The number of amides is 1. The quantitative estimate of drug-likeness (QED) is 0.679. The van der Waals surface area contributed by atoms with Gasteiger partial charge in [0.2, 0.25) is 5.91 Å². The Morgan fingerprint density at radius 3 is 3.00 bits per heavy atom. The summed E-state index contributed by atoms with van der Waals surface area (Å²) < 4.78 is 0. The van der Waals surface area contributed by atoms with Crippen molar-refractivity contribution in [3.05, 3.63) is 11.8 Å². The lowest BCUT2D eigenvalue weighted by atomic mass is 10.1. The maximum atomic E-state index is 11.6. The molecule has 84 valence electrons. The number of nitrogens with zero attached hydrogens (tertiary/aromatic N) is 1. The second kappa shape index (κ2) is 5.50. The van der Waals surface area contributed by atoms with E-state index < -0.39 is 6.04 Å². The Hall–Kier alpha value is -1.36. The summed E-state index contributed by atoms with van der Waals surface area (Å²) in [5.74, 6) is 0.504. The molecule has 1 aromatic rings. The number of hydrogen-bond donors (Lipinski definition) is 3. The lowest BCUT2D eigenvalue weighted by Gasteiger charge is -2.10. The fourth-order valence-corrected chi connectivity index (χ4v) is 1.35. The monoisotopic (exact) mass is 210 g/mol. The summed E-state index contributed by atoms with van der Waals surface area (Å²) in [6.45, 7) is 4.01. The Kier molecular flexibility index (Phi) is 4.30. The molecule has 0 saturated heterocycles. The van der Waals surface area contributed by atoms with Gasteiger partial charge >= 0.3 is 0 Å². The van der Waals surface area contributed by atoms with E-state index in [0.717, 1.165) is 18.4 Å². The highest BCUT2D eigenvalue weighted by Gasteiger charge is 2.14. The zero-order valence-electron chi connectivity index (χ0n) is 9.21. The van der Waals surface area contributed by atoms with E-state index in [4.69, 9.17) is 5.73 Å². The molecule has 1 aromatic heterocycles. The summed E-state index contributed by atoms with van der Waals surface area (Å²) in [4.78, 5) is 11.6. The second-order valence-corrected chi connectivity index (χ2v) is 3.51. The topological polar surface area (TPSA) is 83.8 Å². The summed E-state index contributed by atoms with van der Waals surface area (Å²) in [6.07, 6.45) is 4.13. The summed E-state index contributed by atoms with van der Waals surface area (Å²) in [7, 11) is 0. The highest BCUT2D eigenvalue weighted by atomic mass is 16.2. The van der Waals surface area contributed by atoms with Gasteiger partial charge < -0.3 is 11.1 Å². The van der Waals surface area contributed by atoms with Crippen LogP contribution in [0.4, 0.5) is 5.82 Å². The zero-order chi connectivity index (χ0) is 11.3. The van der Waals surface area contributed by atoms with Crippen LogP contribution in [0, 0.1) is 0 Å². The van der Waals surface area contributed by atoms with Gasteiger partial charge in [-0.15, -0.1) is 0 Å². The number of H-pyrrole nitrogens is 1. The predicted molar refractivity (Wildman–Crippen MR) is 59.5 cm³/mol. The molecular formula is C10H18N4O. The molecule has 0 spiro atoms. The van der Waals surface area contributed by atoms with Crippen molar-refractivity contribution < 1.29 is 4.79 Å². The molecule has 0 aromatic carbocycles. The summed E-state index contributed by atoms with van der Waals surface area (Å²) in [5, 5.41) is 9.36. The zero-order valence-corrected chi connectivity index (χ0v) is 9.21. The Morgan fingerprint density at radius 1 is 1.67 bits per heavy atom. The minimum Gasteiger partial charge on any atom is -0.320 e. The number of nitrogens with two attached hydrogens (primary N) is 1. The van der Waals surface area contributed by atoms with Gasteiger partial charge in [0.15, 0.2) is 0 Å². The van der Waals surface area contributed by atoms with E-state index in [2.05, 4.69) is 15.5 Å². The third kappa shape index (κ3) is 3.06. The standard InChI is InChI=1S/C10H18N4O/c1-3-5-8(11)10(15)13-9-7(4-2)6-12-14-9/h6,8H,3-5,11H2,1-2H3,(H2,12,13,14,15)/t8-/m1/s1. The van der Waals surface area contributed by atoms with Crippen LogP contribution in [0.25, 0.3) is 0 Å². The number of nitrogens with one attached hydrogen (secondary N) is 2. The number of hydrogen-bond acceptors (Lipinski definition) is 3. The normalized spacial score (nSPS) is 12.5. The molecule has 0 bridgehead atoms. The molecule has 0 aliphatic rings. The molecular weight excluding hydrogens is 192 g/mol. The highest BCUT2D eigenvalue weighted by molar-refractivity contribution is 5.94. The van der Waals surface area contributed by atoms with Gasteiger partial charge in [0.25, 0.3) is 0 Å². The van der Waals surface area contributed by atoms with Gasteiger partial charge in [0.1, 0.15) is 5.82 Å².